The Morgan fingerprint density at radius 2 is 1.71 bits per heavy atom. The molecule has 1 aliphatic carbocycles. The summed E-state index contributed by atoms with van der Waals surface area (Å²) in [5.74, 6) is 2.11. The maximum atomic E-state index is 13.1. The van der Waals surface area contributed by atoms with E-state index in [9.17, 15) is 14.3 Å². The summed E-state index contributed by atoms with van der Waals surface area (Å²) in [6, 6.07) is 11.3. The van der Waals surface area contributed by atoms with Crippen LogP contribution < -0.4 is 14.2 Å². The second kappa shape index (κ2) is 9.14. The summed E-state index contributed by atoms with van der Waals surface area (Å²) in [5.41, 5.74) is 0.791. The number of nitrogens with zero attached hydrogens (tertiary/aromatic N) is 1. The summed E-state index contributed by atoms with van der Waals surface area (Å²) in [7, 11) is 3.18. The fraction of sp³-hybridized carbons (Fsp3) is 0.458. The van der Waals surface area contributed by atoms with Gasteiger partial charge in [-0.1, -0.05) is 0 Å². The third-order valence-electron chi connectivity index (χ3n) is 6.37. The van der Waals surface area contributed by atoms with E-state index in [0.717, 1.165) is 5.56 Å². The van der Waals surface area contributed by atoms with E-state index >= 15 is 0 Å². The highest BCUT2D eigenvalue weighted by Gasteiger charge is 2.43. The zero-order valence-electron chi connectivity index (χ0n) is 17.8. The Labute approximate surface area is 181 Å². The molecule has 166 valence electrons. The molecule has 0 spiro atoms. The second-order valence-corrected chi connectivity index (χ2v) is 8.32. The lowest BCUT2D eigenvalue weighted by Crippen LogP contribution is -2.42. The SMILES string of the molecule is COc1ccc(OC)c(CC(=O)N2C[C@H]3C[C@@H](Oc4ccc(F)cc4)[C@H](O)C[C@H]3C2)c1. The number of rotatable bonds is 6. The lowest BCUT2D eigenvalue weighted by molar-refractivity contribution is -0.129. The molecule has 0 radical (unpaired) electrons. The number of likely N-dealkylation sites (tertiary alicyclic amines) is 1. The summed E-state index contributed by atoms with van der Waals surface area (Å²) in [4.78, 5) is 14.9. The third kappa shape index (κ3) is 4.77. The molecule has 4 rings (SSSR count). The van der Waals surface area contributed by atoms with E-state index in [0.29, 0.717) is 43.2 Å². The topological polar surface area (TPSA) is 68.2 Å². The van der Waals surface area contributed by atoms with Crippen LogP contribution in [0.4, 0.5) is 4.39 Å². The van der Waals surface area contributed by atoms with Crippen LogP contribution in [0.5, 0.6) is 17.2 Å². The number of aliphatic hydroxyl groups is 1. The van der Waals surface area contributed by atoms with Crippen molar-refractivity contribution in [2.24, 2.45) is 11.8 Å². The second-order valence-electron chi connectivity index (χ2n) is 8.32. The molecule has 31 heavy (non-hydrogen) atoms. The Morgan fingerprint density at radius 1 is 1.03 bits per heavy atom. The van der Waals surface area contributed by atoms with Gasteiger partial charge in [0.2, 0.25) is 5.91 Å². The molecule has 4 atom stereocenters. The van der Waals surface area contributed by atoms with Crippen LogP contribution >= 0.6 is 0 Å². The van der Waals surface area contributed by atoms with E-state index in [1.807, 2.05) is 11.0 Å². The number of hydrogen-bond acceptors (Lipinski definition) is 5. The van der Waals surface area contributed by atoms with Gasteiger partial charge >= 0.3 is 0 Å². The van der Waals surface area contributed by atoms with Crippen LogP contribution in [0.15, 0.2) is 42.5 Å². The van der Waals surface area contributed by atoms with Crippen LogP contribution in [0.2, 0.25) is 0 Å². The first kappa shape index (κ1) is 21.4. The van der Waals surface area contributed by atoms with Crippen molar-refractivity contribution in [3.63, 3.8) is 0 Å². The van der Waals surface area contributed by atoms with Crippen molar-refractivity contribution in [1.82, 2.24) is 4.90 Å². The number of methoxy groups -OCH3 is 2. The standard InChI is InChI=1S/C24H28FNO5/c1-29-20-7-8-22(30-2)15(9-20)12-24(28)26-13-16-10-21(27)23(11-17(16)14-26)31-19-5-3-18(25)4-6-19/h3-9,16-17,21,23,27H,10-14H2,1-2H3/t16-,17+,21+,23+/m0/s1. The predicted molar refractivity (Wildman–Crippen MR) is 113 cm³/mol. The number of aliphatic hydroxyl groups excluding tert-OH is 1. The monoisotopic (exact) mass is 429 g/mol. The summed E-state index contributed by atoms with van der Waals surface area (Å²) < 4.78 is 29.7. The van der Waals surface area contributed by atoms with E-state index in [4.69, 9.17) is 14.2 Å². The molecule has 1 N–H and O–H groups in total. The van der Waals surface area contributed by atoms with Gasteiger partial charge in [0.15, 0.2) is 0 Å². The van der Waals surface area contributed by atoms with E-state index in [1.54, 1.807) is 38.5 Å². The Bertz CT molecular complexity index is 919. The molecular formula is C24H28FNO5. The lowest BCUT2D eigenvalue weighted by atomic mass is 9.78. The summed E-state index contributed by atoms with van der Waals surface area (Å²) in [5, 5.41) is 10.6. The molecule has 0 bridgehead atoms. The highest BCUT2D eigenvalue weighted by Crippen LogP contribution is 2.38. The smallest absolute Gasteiger partial charge is 0.227 e. The Hall–Kier alpha value is -2.80. The molecule has 1 saturated carbocycles. The van der Waals surface area contributed by atoms with Crippen molar-refractivity contribution in [3.05, 3.63) is 53.8 Å². The van der Waals surface area contributed by atoms with Crippen LogP contribution in [0.25, 0.3) is 0 Å². The van der Waals surface area contributed by atoms with E-state index in [1.165, 1.54) is 12.1 Å². The van der Waals surface area contributed by atoms with Gasteiger partial charge in [0, 0.05) is 18.7 Å². The number of amides is 1. The maximum Gasteiger partial charge on any atom is 0.227 e. The summed E-state index contributed by atoms with van der Waals surface area (Å²) >= 11 is 0. The molecule has 1 heterocycles. The minimum absolute atomic E-state index is 0.0337. The molecule has 1 saturated heterocycles. The Morgan fingerprint density at radius 3 is 2.39 bits per heavy atom. The van der Waals surface area contributed by atoms with Gasteiger partial charge in [0.25, 0.3) is 0 Å². The summed E-state index contributed by atoms with van der Waals surface area (Å²) in [6.45, 7) is 1.28. The maximum absolute atomic E-state index is 13.1. The average molecular weight is 429 g/mol. The van der Waals surface area contributed by atoms with Crippen molar-refractivity contribution in [2.75, 3.05) is 27.3 Å². The fourth-order valence-corrected chi connectivity index (χ4v) is 4.70. The van der Waals surface area contributed by atoms with Crippen molar-refractivity contribution in [3.8, 4) is 17.2 Å². The molecule has 1 aliphatic heterocycles. The zero-order chi connectivity index (χ0) is 22.0. The molecular weight excluding hydrogens is 401 g/mol. The van der Waals surface area contributed by atoms with E-state index in [-0.39, 0.29) is 36.1 Å². The zero-order valence-corrected chi connectivity index (χ0v) is 17.8. The molecule has 2 aromatic carbocycles. The van der Waals surface area contributed by atoms with Crippen LogP contribution in [-0.4, -0.2) is 55.4 Å². The van der Waals surface area contributed by atoms with Gasteiger partial charge in [-0.3, -0.25) is 4.79 Å². The van der Waals surface area contributed by atoms with Gasteiger partial charge in [-0.2, -0.15) is 0 Å². The number of benzene rings is 2. The normalized spacial score (nSPS) is 25.1. The molecule has 2 aliphatic rings. The number of hydrogen-bond donors (Lipinski definition) is 1. The third-order valence-corrected chi connectivity index (χ3v) is 6.37. The van der Waals surface area contributed by atoms with Gasteiger partial charge in [-0.25, -0.2) is 4.39 Å². The molecule has 0 unspecified atom stereocenters. The first-order chi connectivity index (χ1) is 15.0. The number of carbonyl (C=O) groups is 1. The minimum Gasteiger partial charge on any atom is -0.497 e. The first-order valence-corrected chi connectivity index (χ1v) is 10.6. The fourth-order valence-electron chi connectivity index (χ4n) is 4.70. The van der Waals surface area contributed by atoms with Crippen LogP contribution in [-0.2, 0) is 11.2 Å². The van der Waals surface area contributed by atoms with E-state index < -0.39 is 6.10 Å². The quantitative estimate of drug-likeness (QED) is 0.765. The van der Waals surface area contributed by atoms with Gasteiger partial charge in [-0.05, 0) is 67.1 Å². The average Bonchev–Trinajstić information content (AvgIpc) is 3.18. The molecule has 6 nitrogen and oxygen atoms in total. The van der Waals surface area contributed by atoms with Crippen molar-refractivity contribution >= 4 is 5.91 Å². The van der Waals surface area contributed by atoms with Gasteiger partial charge in [0.1, 0.15) is 29.2 Å². The molecule has 2 fully saturated rings. The Kier molecular flexibility index (Phi) is 6.32. The number of carbonyl (C=O) groups excluding carboxylic acids is 1. The van der Waals surface area contributed by atoms with Crippen LogP contribution in [0.3, 0.4) is 0 Å². The molecule has 2 aromatic rings. The van der Waals surface area contributed by atoms with Gasteiger partial charge in [0.05, 0.1) is 26.7 Å². The van der Waals surface area contributed by atoms with Crippen molar-refractivity contribution in [2.45, 2.75) is 31.5 Å². The molecule has 7 heteroatoms. The predicted octanol–water partition coefficient (Wildman–Crippen LogP) is 3.06. The lowest BCUT2D eigenvalue weighted by Gasteiger charge is -2.35. The molecule has 1 amide bonds. The van der Waals surface area contributed by atoms with Crippen LogP contribution in [0, 0.1) is 17.7 Å². The molecule has 0 aromatic heterocycles. The highest BCUT2D eigenvalue weighted by atomic mass is 19.1. The van der Waals surface area contributed by atoms with Crippen LogP contribution in [0.1, 0.15) is 18.4 Å². The largest absolute Gasteiger partial charge is 0.497 e. The van der Waals surface area contributed by atoms with E-state index in [2.05, 4.69) is 0 Å². The number of ether oxygens (including phenoxy) is 3. The summed E-state index contributed by atoms with van der Waals surface area (Å²) in [6.07, 6.45) is 0.510. The number of fused-ring (bicyclic) bond motifs is 1. The van der Waals surface area contributed by atoms with Crippen molar-refractivity contribution < 1.29 is 28.5 Å². The first-order valence-electron chi connectivity index (χ1n) is 10.6. The minimum atomic E-state index is -0.611. The van der Waals surface area contributed by atoms with Gasteiger partial charge in [-0.15, -0.1) is 0 Å². The highest BCUT2D eigenvalue weighted by molar-refractivity contribution is 5.80. The number of halogens is 1. The van der Waals surface area contributed by atoms with Crippen molar-refractivity contribution in [1.29, 1.82) is 0 Å². The Balaban J connectivity index is 1.39. The van der Waals surface area contributed by atoms with Gasteiger partial charge < -0.3 is 24.2 Å².